The first-order valence-corrected chi connectivity index (χ1v) is 12.5. The molecule has 0 aromatic heterocycles. The molecule has 9 heteroatoms. The number of hydrogen-bond acceptors (Lipinski definition) is 3. The second kappa shape index (κ2) is 10.0. The molecule has 3 aromatic rings. The van der Waals surface area contributed by atoms with Crippen molar-refractivity contribution in [3.63, 3.8) is 0 Å². The lowest BCUT2D eigenvalue weighted by Crippen LogP contribution is -2.30. The second-order valence-electron chi connectivity index (χ2n) is 7.24. The molecule has 0 radical (unpaired) electrons. The summed E-state index contributed by atoms with van der Waals surface area (Å²) < 4.78 is 28.3. The van der Waals surface area contributed by atoms with Crippen LogP contribution in [0.15, 0.2) is 70.7 Å². The molecule has 1 unspecified atom stereocenters. The van der Waals surface area contributed by atoms with Crippen molar-refractivity contribution in [1.82, 2.24) is 4.41 Å². The van der Waals surface area contributed by atoms with Gasteiger partial charge in [0.2, 0.25) is 0 Å². The van der Waals surface area contributed by atoms with Crippen LogP contribution in [0.5, 0.6) is 0 Å². The molecule has 3 aromatic carbocycles. The molecule has 0 fully saturated rings. The molecule has 0 N–H and O–H groups in total. The Hall–Kier alpha value is -1.76. The highest BCUT2D eigenvalue weighted by Crippen LogP contribution is 2.34. The molecule has 0 spiro atoms. The van der Waals surface area contributed by atoms with Gasteiger partial charge >= 0.3 is 0 Å². The molecule has 0 amide bonds. The highest BCUT2D eigenvalue weighted by atomic mass is 35.5. The molecule has 0 saturated carbocycles. The summed E-state index contributed by atoms with van der Waals surface area (Å²) in [4.78, 5) is 0.110. The van der Waals surface area contributed by atoms with E-state index in [1.165, 1.54) is 0 Å². The zero-order valence-electron chi connectivity index (χ0n) is 17.5. The van der Waals surface area contributed by atoms with Crippen molar-refractivity contribution in [2.45, 2.75) is 31.7 Å². The lowest BCUT2D eigenvalue weighted by molar-refractivity contribution is 0.358. The molecule has 0 aliphatic rings. The first kappa shape index (κ1) is 24.9. The van der Waals surface area contributed by atoms with Crippen molar-refractivity contribution in [3.8, 4) is 0 Å². The minimum absolute atomic E-state index is 0.110. The Balaban J connectivity index is 2.17. The minimum Gasteiger partial charge on any atom is -0.200 e. The van der Waals surface area contributed by atoms with E-state index in [4.69, 9.17) is 46.4 Å². The summed E-state index contributed by atoms with van der Waals surface area (Å²) in [5.74, 6) is 0. The third-order valence-corrected chi connectivity index (χ3v) is 7.75. The van der Waals surface area contributed by atoms with E-state index in [0.717, 1.165) is 9.98 Å². The van der Waals surface area contributed by atoms with E-state index in [-0.39, 0.29) is 4.90 Å². The van der Waals surface area contributed by atoms with Gasteiger partial charge < -0.3 is 0 Å². The van der Waals surface area contributed by atoms with Gasteiger partial charge in [-0.1, -0.05) is 76.2 Å². The monoisotopic (exact) mass is 528 g/mol. The van der Waals surface area contributed by atoms with Crippen LogP contribution in [-0.2, 0) is 10.0 Å². The van der Waals surface area contributed by atoms with Crippen LogP contribution in [0.3, 0.4) is 0 Å². The van der Waals surface area contributed by atoms with Crippen LogP contribution in [0.1, 0.15) is 36.6 Å². The largest absolute Gasteiger partial charge is 0.279 e. The fraction of sp³-hybridized carbons (Fsp3) is 0.174. The number of hydrogen-bond donors (Lipinski definition) is 0. The summed E-state index contributed by atoms with van der Waals surface area (Å²) in [6, 6.07) is 15.7. The summed E-state index contributed by atoms with van der Waals surface area (Å²) in [6.07, 6.45) is 0. The van der Waals surface area contributed by atoms with Crippen LogP contribution >= 0.6 is 46.4 Å². The van der Waals surface area contributed by atoms with Gasteiger partial charge in [0, 0.05) is 20.6 Å². The smallest absolute Gasteiger partial charge is 0.200 e. The van der Waals surface area contributed by atoms with Crippen LogP contribution in [0, 0.1) is 6.92 Å². The SMILES string of the molecule is C/C(=N\N(C(C)c1ccc(Cl)cc1Cl)S(=O)(=O)c1ccc(C)cc1)c1ccc(Cl)cc1Cl. The molecule has 0 aliphatic heterocycles. The van der Waals surface area contributed by atoms with Gasteiger partial charge in [-0.15, -0.1) is 0 Å². The van der Waals surface area contributed by atoms with Gasteiger partial charge in [-0.25, -0.2) is 0 Å². The predicted octanol–water partition coefficient (Wildman–Crippen LogP) is 7.78. The normalized spacial score (nSPS) is 13.2. The molecule has 0 heterocycles. The zero-order valence-corrected chi connectivity index (χ0v) is 21.3. The highest BCUT2D eigenvalue weighted by Gasteiger charge is 2.30. The molecule has 4 nitrogen and oxygen atoms in total. The van der Waals surface area contributed by atoms with Crippen molar-refractivity contribution in [2.24, 2.45) is 5.10 Å². The molecule has 168 valence electrons. The van der Waals surface area contributed by atoms with Crippen molar-refractivity contribution >= 4 is 62.1 Å². The van der Waals surface area contributed by atoms with E-state index in [2.05, 4.69) is 5.10 Å². The third-order valence-electron chi connectivity index (χ3n) is 4.88. The number of sulfonamides is 1. The van der Waals surface area contributed by atoms with Gasteiger partial charge in [0.05, 0.1) is 21.7 Å². The predicted molar refractivity (Wildman–Crippen MR) is 134 cm³/mol. The number of aryl methyl sites for hydroxylation is 1. The molecule has 3 rings (SSSR count). The summed E-state index contributed by atoms with van der Waals surface area (Å²) in [7, 11) is -4.03. The topological polar surface area (TPSA) is 49.7 Å². The molecule has 0 saturated heterocycles. The lowest BCUT2D eigenvalue weighted by atomic mass is 10.1. The number of halogens is 4. The van der Waals surface area contributed by atoms with E-state index in [0.29, 0.717) is 36.9 Å². The Bertz CT molecular complexity index is 1280. The van der Waals surface area contributed by atoms with Gasteiger partial charge in [0.25, 0.3) is 10.0 Å². The van der Waals surface area contributed by atoms with Crippen molar-refractivity contribution in [2.75, 3.05) is 0 Å². The maximum Gasteiger partial charge on any atom is 0.279 e. The maximum atomic E-state index is 13.6. The Morgan fingerprint density at radius 3 is 2.00 bits per heavy atom. The molecule has 32 heavy (non-hydrogen) atoms. The minimum atomic E-state index is -4.03. The van der Waals surface area contributed by atoms with E-state index in [1.807, 2.05) is 6.92 Å². The molecule has 0 bridgehead atoms. The Morgan fingerprint density at radius 1 is 0.875 bits per heavy atom. The van der Waals surface area contributed by atoms with Gasteiger partial charge in [0.15, 0.2) is 0 Å². The molecular formula is C23H20Cl4N2O2S. The Labute approximate surface area is 208 Å². The quantitative estimate of drug-likeness (QED) is 0.241. The third kappa shape index (κ3) is 5.41. The van der Waals surface area contributed by atoms with Crippen molar-refractivity contribution in [3.05, 3.63) is 97.4 Å². The average molecular weight is 530 g/mol. The lowest BCUT2D eigenvalue weighted by Gasteiger charge is -2.27. The van der Waals surface area contributed by atoms with Crippen LogP contribution in [0.2, 0.25) is 20.1 Å². The van der Waals surface area contributed by atoms with Crippen LogP contribution in [0.4, 0.5) is 0 Å². The van der Waals surface area contributed by atoms with Gasteiger partial charge in [-0.05, 0) is 62.7 Å². The summed E-state index contributed by atoms with van der Waals surface area (Å²) >= 11 is 24.7. The fourth-order valence-electron chi connectivity index (χ4n) is 3.11. The fourth-order valence-corrected chi connectivity index (χ4v) is 5.68. The molecular weight excluding hydrogens is 510 g/mol. The summed E-state index contributed by atoms with van der Waals surface area (Å²) in [5.41, 5.74) is 2.47. The first-order valence-electron chi connectivity index (χ1n) is 9.57. The average Bonchev–Trinajstić information content (AvgIpc) is 2.71. The van der Waals surface area contributed by atoms with Gasteiger partial charge in [-0.2, -0.15) is 17.9 Å². The Kier molecular flexibility index (Phi) is 7.79. The molecule has 0 aliphatic carbocycles. The zero-order chi connectivity index (χ0) is 23.6. The summed E-state index contributed by atoms with van der Waals surface area (Å²) in [5, 5.41) is 6.11. The van der Waals surface area contributed by atoms with Crippen molar-refractivity contribution in [1.29, 1.82) is 0 Å². The number of nitrogens with zero attached hydrogens (tertiary/aromatic N) is 2. The maximum absolute atomic E-state index is 13.6. The molecule has 1 atom stereocenters. The van der Waals surface area contributed by atoms with Crippen LogP contribution in [-0.4, -0.2) is 18.5 Å². The van der Waals surface area contributed by atoms with Gasteiger partial charge in [-0.3, -0.25) is 0 Å². The first-order chi connectivity index (χ1) is 15.0. The second-order valence-corrected chi connectivity index (χ2v) is 10.7. The van der Waals surface area contributed by atoms with Crippen LogP contribution < -0.4 is 0 Å². The van der Waals surface area contributed by atoms with Crippen molar-refractivity contribution < 1.29 is 8.42 Å². The number of rotatable bonds is 6. The van der Waals surface area contributed by atoms with Crippen LogP contribution in [0.25, 0.3) is 0 Å². The van der Waals surface area contributed by atoms with E-state index in [9.17, 15) is 8.42 Å². The standard InChI is InChI=1S/C23H20Cl4N2O2S/c1-14-4-8-19(9-5-14)32(30,31)29(16(3)21-11-7-18(25)13-23(21)27)28-15(2)20-10-6-17(24)12-22(20)26/h4-13,16H,1-3H3/b28-15+. The van der Waals surface area contributed by atoms with E-state index >= 15 is 0 Å². The Morgan fingerprint density at radius 2 is 1.44 bits per heavy atom. The number of hydrazone groups is 1. The van der Waals surface area contributed by atoms with E-state index < -0.39 is 16.1 Å². The highest BCUT2D eigenvalue weighted by molar-refractivity contribution is 7.89. The number of benzene rings is 3. The van der Waals surface area contributed by atoms with E-state index in [1.54, 1.807) is 74.5 Å². The van der Waals surface area contributed by atoms with Gasteiger partial charge in [0.1, 0.15) is 0 Å². The summed E-state index contributed by atoms with van der Waals surface area (Å²) in [6.45, 7) is 5.28.